The van der Waals surface area contributed by atoms with Crippen molar-refractivity contribution < 1.29 is 4.39 Å². The van der Waals surface area contributed by atoms with Crippen molar-refractivity contribution in [1.29, 1.82) is 0 Å². The van der Waals surface area contributed by atoms with Gasteiger partial charge in [-0.1, -0.05) is 19.9 Å². The van der Waals surface area contributed by atoms with Gasteiger partial charge in [-0.3, -0.25) is 4.90 Å². The Hall–Kier alpha value is -0.450. The number of benzene rings is 1. The highest BCUT2D eigenvalue weighted by atomic mass is 79.9. The molecule has 0 spiro atoms. The number of hydrogen-bond donors (Lipinski definition) is 1. The highest BCUT2D eigenvalue weighted by molar-refractivity contribution is 9.10. The fraction of sp³-hybridized carbons (Fsp3) is 0.625. The molecule has 0 saturated carbocycles. The summed E-state index contributed by atoms with van der Waals surface area (Å²) in [7, 11) is 0. The minimum Gasteiger partial charge on any atom is -0.315 e. The lowest BCUT2D eigenvalue weighted by molar-refractivity contribution is 0.237. The Kier molecular flexibility index (Phi) is 6.00. The van der Waals surface area contributed by atoms with Gasteiger partial charge in [0.25, 0.3) is 0 Å². The summed E-state index contributed by atoms with van der Waals surface area (Å²) < 4.78 is 13.8. The molecular formula is C16H24BrFN2. The van der Waals surface area contributed by atoms with Gasteiger partial charge in [0.2, 0.25) is 0 Å². The third-order valence-electron chi connectivity index (χ3n) is 3.80. The second-order valence-corrected chi connectivity index (χ2v) is 6.92. The summed E-state index contributed by atoms with van der Waals surface area (Å²) >= 11 is 3.26. The van der Waals surface area contributed by atoms with Crippen LogP contribution in [-0.4, -0.2) is 30.6 Å². The maximum Gasteiger partial charge on any atom is 0.137 e. The smallest absolute Gasteiger partial charge is 0.137 e. The van der Waals surface area contributed by atoms with Gasteiger partial charge in [-0.2, -0.15) is 0 Å². The zero-order valence-corrected chi connectivity index (χ0v) is 13.9. The van der Waals surface area contributed by atoms with Gasteiger partial charge in [-0.05, 0) is 65.5 Å². The molecule has 1 unspecified atom stereocenters. The van der Waals surface area contributed by atoms with Gasteiger partial charge in [0.15, 0.2) is 0 Å². The van der Waals surface area contributed by atoms with Gasteiger partial charge in [0, 0.05) is 19.1 Å². The van der Waals surface area contributed by atoms with Crippen LogP contribution in [0.1, 0.15) is 32.3 Å². The molecule has 1 saturated heterocycles. The van der Waals surface area contributed by atoms with Gasteiger partial charge < -0.3 is 5.32 Å². The van der Waals surface area contributed by atoms with Crippen LogP contribution in [-0.2, 0) is 6.54 Å². The first-order valence-corrected chi connectivity index (χ1v) is 8.24. The van der Waals surface area contributed by atoms with Crippen molar-refractivity contribution in [1.82, 2.24) is 10.2 Å². The molecule has 1 aliphatic heterocycles. The van der Waals surface area contributed by atoms with Crippen LogP contribution in [0.15, 0.2) is 22.7 Å². The largest absolute Gasteiger partial charge is 0.315 e. The molecule has 0 bridgehead atoms. The van der Waals surface area contributed by atoms with Crippen LogP contribution in [0.4, 0.5) is 4.39 Å². The van der Waals surface area contributed by atoms with Gasteiger partial charge in [0.05, 0.1) is 4.47 Å². The van der Waals surface area contributed by atoms with Crippen molar-refractivity contribution >= 4 is 15.9 Å². The molecule has 1 atom stereocenters. The Balaban J connectivity index is 1.88. The second-order valence-electron chi connectivity index (χ2n) is 6.07. The van der Waals surface area contributed by atoms with Crippen LogP contribution in [0.25, 0.3) is 0 Å². The Labute approximate surface area is 129 Å². The predicted molar refractivity (Wildman–Crippen MR) is 85.2 cm³/mol. The Bertz CT molecular complexity index is 436. The number of nitrogens with one attached hydrogen (secondary N) is 1. The maximum atomic E-state index is 13.3. The predicted octanol–water partition coefficient (Wildman–Crippen LogP) is 3.80. The van der Waals surface area contributed by atoms with Crippen LogP contribution < -0.4 is 5.32 Å². The highest BCUT2D eigenvalue weighted by Gasteiger charge is 2.24. The molecular weight excluding hydrogens is 319 g/mol. The molecule has 2 rings (SSSR count). The Morgan fingerprint density at radius 2 is 2.25 bits per heavy atom. The zero-order valence-electron chi connectivity index (χ0n) is 12.3. The third kappa shape index (κ3) is 4.54. The number of nitrogens with zero attached hydrogens (tertiary/aromatic N) is 1. The van der Waals surface area contributed by atoms with Crippen molar-refractivity contribution in [2.24, 2.45) is 5.92 Å². The van der Waals surface area contributed by atoms with E-state index >= 15 is 0 Å². The molecule has 0 aliphatic carbocycles. The summed E-state index contributed by atoms with van der Waals surface area (Å²) in [6, 6.07) is 5.93. The van der Waals surface area contributed by atoms with E-state index in [1.165, 1.54) is 18.4 Å². The first-order valence-electron chi connectivity index (χ1n) is 7.45. The Morgan fingerprint density at radius 1 is 1.45 bits per heavy atom. The summed E-state index contributed by atoms with van der Waals surface area (Å²) in [6.07, 6.45) is 2.52. The summed E-state index contributed by atoms with van der Waals surface area (Å²) in [6.45, 7) is 8.65. The normalized spacial score (nSPS) is 19.9. The molecule has 1 heterocycles. The minimum absolute atomic E-state index is 0.190. The van der Waals surface area contributed by atoms with Crippen molar-refractivity contribution in [3.05, 3.63) is 34.1 Å². The average molecular weight is 343 g/mol. The quantitative estimate of drug-likeness (QED) is 0.845. The van der Waals surface area contributed by atoms with E-state index in [0.717, 1.165) is 26.2 Å². The molecule has 1 aromatic rings. The minimum atomic E-state index is -0.190. The van der Waals surface area contributed by atoms with Crippen LogP contribution in [0, 0.1) is 11.7 Å². The Morgan fingerprint density at radius 3 is 2.95 bits per heavy atom. The van der Waals surface area contributed by atoms with Gasteiger partial charge in [0.1, 0.15) is 5.82 Å². The van der Waals surface area contributed by atoms with Crippen LogP contribution in [0.2, 0.25) is 0 Å². The highest BCUT2D eigenvalue weighted by Crippen LogP contribution is 2.22. The molecule has 2 nitrogen and oxygen atoms in total. The molecule has 4 heteroatoms. The molecule has 0 amide bonds. The van der Waals surface area contributed by atoms with Gasteiger partial charge in [-0.25, -0.2) is 4.39 Å². The first-order chi connectivity index (χ1) is 9.56. The first kappa shape index (κ1) is 15.9. The fourth-order valence-corrected chi connectivity index (χ4v) is 3.17. The summed E-state index contributed by atoms with van der Waals surface area (Å²) in [4.78, 5) is 2.51. The number of rotatable bonds is 6. The van der Waals surface area contributed by atoms with Crippen molar-refractivity contribution in [2.75, 3.05) is 19.6 Å². The van der Waals surface area contributed by atoms with Crippen molar-refractivity contribution in [3.63, 3.8) is 0 Å². The number of halogens is 2. The summed E-state index contributed by atoms with van der Waals surface area (Å²) in [5.41, 5.74) is 1.18. The summed E-state index contributed by atoms with van der Waals surface area (Å²) in [5.74, 6) is 0.503. The van der Waals surface area contributed by atoms with E-state index in [-0.39, 0.29) is 5.82 Å². The molecule has 0 aromatic heterocycles. The van der Waals surface area contributed by atoms with Gasteiger partial charge >= 0.3 is 0 Å². The lowest BCUT2D eigenvalue weighted by Gasteiger charge is -2.25. The fourth-order valence-electron chi connectivity index (χ4n) is 2.75. The van der Waals surface area contributed by atoms with E-state index in [2.05, 4.69) is 40.0 Å². The standard InChI is InChI=1S/C16H24BrFN2/c1-12(2)9-19-10-14-4-3-7-20(14)11-13-5-6-16(18)15(17)8-13/h5-6,8,12,14,19H,3-4,7,9-11H2,1-2H3. The molecule has 20 heavy (non-hydrogen) atoms. The van der Waals surface area contributed by atoms with Gasteiger partial charge in [-0.15, -0.1) is 0 Å². The second kappa shape index (κ2) is 7.53. The molecule has 1 aliphatic rings. The molecule has 1 fully saturated rings. The maximum absolute atomic E-state index is 13.3. The molecule has 0 radical (unpaired) electrons. The van der Waals surface area contributed by atoms with E-state index in [1.807, 2.05) is 12.1 Å². The molecule has 1 N–H and O–H groups in total. The number of hydrogen-bond acceptors (Lipinski definition) is 2. The van der Waals surface area contributed by atoms with E-state index < -0.39 is 0 Å². The molecule has 112 valence electrons. The topological polar surface area (TPSA) is 15.3 Å². The van der Waals surface area contributed by atoms with E-state index in [4.69, 9.17) is 0 Å². The lowest BCUT2D eigenvalue weighted by Crippen LogP contribution is -2.38. The SMILES string of the molecule is CC(C)CNCC1CCCN1Cc1ccc(F)c(Br)c1. The van der Waals surface area contributed by atoms with Crippen molar-refractivity contribution in [3.8, 4) is 0 Å². The van der Waals surface area contributed by atoms with E-state index in [0.29, 0.717) is 16.4 Å². The lowest BCUT2D eigenvalue weighted by atomic mass is 10.1. The van der Waals surface area contributed by atoms with E-state index in [1.54, 1.807) is 6.07 Å². The van der Waals surface area contributed by atoms with Crippen LogP contribution >= 0.6 is 15.9 Å². The van der Waals surface area contributed by atoms with E-state index in [9.17, 15) is 4.39 Å². The average Bonchev–Trinajstić information content (AvgIpc) is 2.81. The number of likely N-dealkylation sites (tertiary alicyclic amines) is 1. The van der Waals surface area contributed by atoms with Crippen LogP contribution in [0.3, 0.4) is 0 Å². The monoisotopic (exact) mass is 342 g/mol. The third-order valence-corrected chi connectivity index (χ3v) is 4.41. The zero-order chi connectivity index (χ0) is 14.5. The molecule has 1 aromatic carbocycles. The van der Waals surface area contributed by atoms with Crippen LogP contribution in [0.5, 0.6) is 0 Å². The summed E-state index contributed by atoms with van der Waals surface area (Å²) in [5, 5.41) is 3.55. The van der Waals surface area contributed by atoms with Crippen molar-refractivity contribution in [2.45, 2.75) is 39.3 Å².